The highest BCUT2D eigenvalue weighted by Crippen LogP contribution is 2.29. The molecule has 31 heavy (non-hydrogen) atoms. The van der Waals surface area contributed by atoms with Gasteiger partial charge in [0, 0.05) is 10.6 Å². The van der Waals surface area contributed by atoms with Crippen molar-refractivity contribution in [1.82, 2.24) is 0 Å². The van der Waals surface area contributed by atoms with Crippen LogP contribution in [-0.4, -0.2) is 20.0 Å². The van der Waals surface area contributed by atoms with E-state index in [4.69, 9.17) is 21.2 Å². The van der Waals surface area contributed by atoms with Crippen molar-refractivity contribution < 1.29 is 17.6 Å². The van der Waals surface area contributed by atoms with Gasteiger partial charge in [0.2, 0.25) is 10.0 Å². The maximum atomic E-state index is 12.9. The van der Waals surface area contributed by atoms with E-state index in [1.54, 1.807) is 19.1 Å². The van der Waals surface area contributed by atoms with Crippen molar-refractivity contribution in [3.63, 3.8) is 0 Å². The number of primary sulfonamides is 1. The predicted octanol–water partition coefficient (Wildman–Crippen LogP) is 4.36. The Balaban J connectivity index is 1.60. The van der Waals surface area contributed by atoms with Crippen LogP contribution in [0.15, 0.2) is 74.6 Å². The number of hydrogen-bond acceptors (Lipinski definition) is 5. The molecular weight excluding hydrogens is 438 g/mol. The number of sulfonamides is 1. The zero-order chi connectivity index (χ0) is 22.3. The number of furan rings is 1. The van der Waals surface area contributed by atoms with Crippen LogP contribution in [0.3, 0.4) is 0 Å². The molecule has 0 spiro atoms. The number of hydrazone groups is 1. The fraction of sp³-hybridized carbons (Fsp3) is 0.0909. The van der Waals surface area contributed by atoms with E-state index in [2.05, 4.69) is 5.10 Å². The number of nitrogens with two attached hydrogens (primary N) is 1. The molecule has 0 radical (unpaired) electrons. The van der Waals surface area contributed by atoms with Crippen molar-refractivity contribution in [2.75, 3.05) is 5.01 Å². The van der Waals surface area contributed by atoms with Gasteiger partial charge in [0.15, 0.2) is 0 Å². The molecule has 158 valence electrons. The first-order valence-corrected chi connectivity index (χ1v) is 11.2. The highest BCUT2D eigenvalue weighted by atomic mass is 35.5. The van der Waals surface area contributed by atoms with Gasteiger partial charge in [-0.3, -0.25) is 4.79 Å². The molecule has 0 saturated carbocycles. The largest absolute Gasteiger partial charge is 0.457 e. The van der Waals surface area contributed by atoms with E-state index in [0.717, 1.165) is 11.1 Å². The SMILES string of the molecule is CC1=NN(c2ccc(S(N)(=O)=O)cc2)C(=O)/C1=C/c1ccc(-c2ccc(C)c(Cl)c2)o1. The quantitative estimate of drug-likeness (QED) is 0.589. The van der Waals surface area contributed by atoms with Gasteiger partial charge in [-0.1, -0.05) is 23.7 Å². The molecule has 1 aliphatic rings. The first-order valence-electron chi connectivity index (χ1n) is 9.24. The van der Waals surface area contributed by atoms with Gasteiger partial charge in [-0.15, -0.1) is 0 Å². The number of hydrogen-bond donors (Lipinski definition) is 1. The van der Waals surface area contributed by atoms with Crippen molar-refractivity contribution in [3.8, 4) is 11.3 Å². The summed E-state index contributed by atoms with van der Waals surface area (Å²) in [6.45, 7) is 3.64. The van der Waals surface area contributed by atoms with Crippen molar-refractivity contribution in [2.24, 2.45) is 10.2 Å². The Morgan fingerprint density at radius 3 is 2.42 bits per heavy atom. The monoisotopic (exact) mass is 455 g/mol. The van der Waals surface area contributed by atoms with E-state index in [-0.39, 0.29) is 10.8 Å². The molecule has 4 rings (SSSR count). The molecule has 1 aliphatic heterocycles. The number of halogens is 1. The van der Waals surface area contributed by atoms with Crippen molar-refractivity contribution >= 4 is 45.0 Å². The van der Waals surface area contributed by atoms with Crippen molar-refractivity contribution in [2.45, 2.75) is 18.7 Å². The van der Waals surface area contributed by atoms with Gasteiger partial charge in [0.25, 0.3) is 5.91 Å². The lowest BCUT2D eigenvalue weighted by atomic mass is 10.1. The Bertz CT molecular complexity index is 1360. The van der Waals surface area contributed by atoms with E-state index in [1.807, 2.05) is 31.2 Å². The molecule has 0 aliphatic carbocycles. The van der Waals surface area contributed by atoms with E-state index >= 15 is 0 Å². The Morgan fingerprint density at radius 1 is 1.06 bits per heavy atom. The van der Waals surface area contributed by atoms with Crippen LogP contribution in [-0.2, 0) is 14.8 Å². The topological polar surface area (TPSA) is 106 Å². The molecule has 2 heterocycles. The number of benzene rings is 2. The summed E-state index contributed by atoms with van der Waals surface area (Å²) >= 11 is 6.20. The van der Waals surface area contributed by atoms with Crippen LogP contribution in [0.2, 0.25) is 5.02 Å². The second-order valence-corrected chi connectivity index (χ2v) is 9.03. The normalized spacial score (nSPS) is 15.6. The van der Waals surface area contributed by atoms with Crippen LogP contribution < -0.4 is 10.1 Å². The third-order valence-electron chi connectivity index (χ3n) is 4.84. The maximum absolute atomic E-state index is 12.9. The summed E-state index contributed by atoms with van der Waals surface area (Å²) in [6, 6.07) is 14.8. The Hall–Kier alpha value is -3.20. The molecule has 0 atom stereocenters. The summed E-state index contributed by atoms with van der Waals surface area (Å²) < 4.78 is 28.7. The first-order chi connectivity index (χ1) is 14.6. The fourth-order valence-electron chi connectivity index (χ4n) is 3.11. The van der Waals surface area contributed by atoms with E-state index < -0.39 is 10.0 Å². The smallest absolute Gasteiger partial charge is 0.280 e. The number of carbonyl (C=O) groups is 1. The van der Waals surface area contributed by atoms with Crippen molar-refractivity contribution in [3.05, 3.63) is 76.5 Å². The van der Waals surface area contributed by atoms with Gasteiger partial charge in [0.05, 0.1) is 21.9 Å². The number of anilines is 1. The van der Waals surface area contributed by atoms with Gasteiger partial charge in [-0.25, -0.2) is 13.6 Å². The van der Waals surface area contributed by atoms with Crippen LogP contribution in [0.4, 0.5) is 5.69 Å². The first kappa shape index (κ1) is 21.0. The summed E-state index contributed by atoms with van der Waals surface area (Å²) in [4.78, 5) is 12.9. The maximum Gasteiger partial charge on any atom is 0.280 e. The summed E-state index contributed by atoms with van der Waals surface area (Å²) in [7, 11) is -3.82. The third-order valence-corrected chi connectivity index (χ3v) is 6.18. The summed E-state index contributed by atoms with van der Waals surface area (Å²) in [6.07, 6.45) is 1.62. The minimum Gasteiger partial charge on any atom is -0.457 e. The molecule has 1 aromatic heterocycles. The molecule has 0 fully saturated rings. The number of aryl methyl sites for hydroxylation is 1. The van der Waals surface area contributed by atoms with E-state index in [0.29, 0.717) is 33.5 Å². The lowest BCUT2D eigenvalue weighted by Gasteiger charge is -2.11. The molecule has 9 heteroatoms. The molecule has 3 aromatic rings. The lowest BCUT2D eigenvalue weighted by Crippen LogP contribution is -2.21. The predicted molar refractivity (Wildman–Crippen MR) is 120 cm³/mol. The molecule has 0 bridgehead atoms. The highest BCUT2D eigenvalue weighted by Gasteiger charge is 2.29. The second-order valence-electron chi connectivity index (χ2n) is 7.07. The second kappa shape index (κ2) is 7.81. The van der Waals surface area contributed by atoms with Gasteiger partial charge < -0.3 is 4.42 Å². The third kappa shape index (κ3) is 4.18. The lowest BCUT2D eigenvalue weighted by molar-refractivity contribution is -0.114. The van der Waals surface area contributed by atoms with Crippen LogP contribution >= 0.6 is 11.6 Å². The summed E-state index contributed by atoms with van der Waals surface area (Å²) in [5.41, 5.74) is 3.12. The van der Waals surface area contributed by atoms with Crippen LogP contribution in [0.5, 0.6) is 0 Å². The van der Waals surface area contributed by atoms with Gasteiger partial charge in [0.1, 0.15) is 11.5 Å². The minimum absolute atomic E-state index is 0.0429. The Labute approximate surface area is 184 Å². The van der Waals surface area contributed by atoms with Gasteiger partial charge >= 0.3 is 0 Å². The Kier molecular flexibility index (Phi) is 5.30. The van der Waals surface area contributed by atoms with Gasteiger partial charge in [-0.2, -0.15) is 10.1 Å². The summed E-state index contributed by atoms with van der Waals surface area (Å²) in [5, 5.41) is 11.3. The van der Waals surface area contributed by atoms with Crippen LogP contribution in [0.25, 0.3) is 17.4 Å². The molecule has 0 unspecified atom stereocenters. The van der Waals surface area contributed by atoms with Crippen molar-refractivity contribution in [1.29, 1.82) is 0 Å². The average Bonchev–Trinajstić information content (AvgIpc) is 3.30. The van der Waals surface area contributed by atoms with Gasteiger partial charge in [-0.05, 0) is 68.0 Å². The Morgan fingerprint density at radius 2 is 1.77 bits per heavy atom. The molecule has 2 aromatic carbocycles. The fourth-order valence-corrected chi connectivity index (χ4v) is 3.81. The standard InChI is InChI=1S/C22H18ClN3O4S/c1-13-3-4-15(11-20(13)23)21-10-7-17(30-21)12-19-14(2)25-26(22(19)27)16-5-8-18(9-6-16)31(24,28)29/h3-12H,1-2H3,(H2,24,28,29)/b19-12+. The van der Waals surface area contributed by atoms with Crippen LogP contribution in [0.1, 0.15) is 18.2 Å². The zero-order valence-corrected chi connectivity index (χ0v) is 18.2. The average molecular weight is 456 g/mol. The van der Waals surface area contributed by atoms with E-state index in [9.17, 15) is 13.2 Å². The zero-order valence-electron chi connectivity index (χ0n) is 16.7. The molecule has 1 amide bonds. The molecule has 2 N–H and O–H groups in total. The number of nitrogens with zero attached hydrogens (tertiary/aromatic N) is 2. The molecular formula is C22H18ClN3O4S. The summed E-state index contributed by atoms with van der Waals surface area (Å²) in [5.74, 6) is 0.775. The van der Waals surface area contributed by atoms with E-state index in [1.165, 1.54) is 29.3 Å². The highest BCUT2D eigenvalue weighted by molar-refractivity contribution is 7.89. The van der Waals surface area contributed by atoms with Crippen LogP contribution in [0, 0.1) is 6.92 Å². The molecule has 0 saturated heterocycles. The molecule has 7 nitrogen and oxygen atoms in total. The number of rotatable bonds is 4. The number of carbonyl (C=O) groups excluding carboxylic acids is 1. The minimum atomic E-state index is -3.82. The number of amides is 1.